The molecule has 0 radical (unpaired) electrons. The van der Waals surface area contributed by atoms with E-state index in [0.29, 0.717) is 0 Å². The number of anilines is 6. The highest BCUT2D eigenvalue weighted by atomic mass is 32.1. The maximum absolute atomic E-state index is 7.05. The van der Waals surface area contributed by atoms with Gasteiger partial charge < -0.3 is 23.1 Å². The maximum Gasteiger partial charge on any atom is 0.159 e. The average molecular weight is 1000 g/mol. The van der Waals surface area contributed by atoms with Crippen LogP contribution in [0.4, 0.5) is 34.1 Å². The highest BCUT2D eigenvalue weighted by molar-refractivity contribution is 7.26. The Morgan fingerprint density at radius 2 is 0.789 bits per heavy atom. The first kappa shape index (κ1) is 44.6. The van der Waals surface area contributed by atoms with Gasteiger partial charge in [0.05, 0.1) is 11.4 Å². The summed E-state index contributed by atoms with van der Waals surface area (Å²) >= 11 is 1.82. The van der Waals surface area contributed by atoms with Gasteiger partial charge in [-0.3, -0.25) is 0 Å². The second kappa shape index (κ2) is 16.3. The van der Waals surface area contributed by atoms with Crippen LogP contribution in [0, 0.1) is 0 Å². The minimum atomic E-state index is -0.0764. The van der Waals surface area contributed by atoms with Crippen molar-refractivity contribution in [3.05, 3.63) is 217 Å². The minimum absolute atomic E-state index is 0.0723. The number of rotatable bonds is 6. The van der Waals surface area contributed by atoms with E-state index < -0.39 is 0 Å². The SMILES string of the molecule is CC(C)(C)c1cccc2c1oc1c(N(c3ccccc3)c3ccc4cc5c(cc4c3)oc3c5ccc4sc5cc6cc(N(c7ccccc7)c7cccc8c7oc7c(C(C)(C)C)cccc78)ccc6cc5c43)cccc12. The Morgan fingerprint density at radius 1 is 0.316 bits per heavy atom. The van der Waals surface area contributed by atoms with Crippen LogP contribution < -0.4 is 9.80 Å². The smallest absolute Gasteiger partial charge is 0.159 e. The summed E-state index contributed by atoms with van der Waals surface area (Å²) in [6.07, 6.45) is 0. The van der Waals surface area contributed by atoms with Gasteiger partial charge in [-0.2, -0.15) is 0 Å². The van der Waals surface area contributed by atoms with Crippen LogP contribution in [0.5, 0.6) is 0 Å². The summed E-state index contributed by atoms with van der Waals surface area (Å²) in [6.45, 7) is 13.5. The maximum atomic E-state index is 7.05. The molecule has 0 amide bonds. The number of benzene rings is 11. The Kier molecular flexibility index (Phi) is 9.59. The summed E-state index contributed by atoms with van der Waals surface area (Å²) in [4.78, 5) is 4.66. The minimum Gasteiger partial charge on any atom is -0.455 e. The highest BCUT2D eigenvalue weighted by Gasteiger charge is 2.27. The first-order valence-corrected chi connectivity index (χ1v) is 27.0. The van der Waals surface area contributed by atoms with Crippen molar-refractivity contribution in [2.75, 3.05) is 9.80 Å². The van der Waals surface area contributed by atoms with E-state index in [1.807, 2.05) is 11.3 Å². The number of hydrogen-bond acceptors (Lipinski definition) is 6. The molecule has 15 rings (SSSR count). The van der Waals surface area contributed by atoms with Gasteiger partial charge in [-0.15, -0.1) is 11.3 Å². The molecule has 76 heavy (non-hydrogen) atoms. The van der Waals surface area contributed by atoms with E-state index in [0.717, 1.165) is 116 Å². The summed E-state index contributed by atoms with van der Waals surface area (Å²) in [5, 5.41) is 13.7. The summed E-state index contributed by atoms with van der Waals surface area (Å²) < 4.78 is 23.4. The molecule has 5 nitrogen and oxygen atoms in total. The predicted octanol–water partition coefficient (Wildman–Crippen LogP) is 21.6. The highest BCUT2D eigenvalue weighted by Crippen LogP contribution is 2.49. The molecule has 366 valence electrons. The predicted molar refractivity (Wildman–Crippen MR) is 323 cm³/mol. The quantitative estimate of drug-likeness (QED) is 0.166. The third kappa shape index (κ3) is 6.83. The number of nitrogens with zero attached hydrogens (tertiary/aromatic N) is 2. The van der Waals surface area contributed by atoms with E-state index in [9.17, 15) is 0 Å². The summed E-state index contributed by atoms with van der Waals surface area (Å²) in [5.74, 6) is 0. The molecule has 4 aromatic heterocycles. The largest absolute Gasteiger partial charge is 0.455 e. The van der Waals surface area contributed by atoms with Gasteiger partial charge in [0, 0.05) is 86.4 Å². The van der Waals surface area contributed by atoms with Crippen LogP contribution in [0.25, 0.3) is 108 Å². The molecule has 6 heteroatoms. The molecule has 0 atom stereocenters. The average Bonchev–Trinajstić information content (AvgIpc) is 4.21. The van der Waals surface area contributed by atoms with Crippen LogP contribution in [0.2, 0.25) is 0 Å². The lowest BCUT2D eigenvalue weighted by Crippen LogP contribution is -2.11. The molecular weight excluding hydrogens is 949 g/mol. The molecule has 4 heterocycles. The number of hydrogen-bond donors (Lipinski definition) is 0. The van der Waals surface area contributed by atoms with Gasteiger partial charge in [-0.25, -0.2) is 0 Å². The lowest BCUT2D eigenvalue weighted by molar-refractivity contribution is 0.572. The Morgan fingerprint density at radius 3 is 1.32 bits per heavy atom. The van der Waals surface area contributed by atoms with Crippen molar-refractivity contribution in [1.82, 2.24) is 0 Å². The van der Waals surface area contributed by atoms with Crippen LogP contribution in [0.3, 0.4) is 0 Å². The first-order valence-electron chi connectivity index (χ1n) is 26.2. The molecule has 0 unspecified atom stereocenters. The van der Waals surface area contributed by atoms with Crippen molar-refractivity contribution in [1.29, 1.82) is 0 Å². The molecule has 0 aliphatic heterocycles. The lowest BCUT2D eigenvalue weighted by Gasteiger charge is -2.26. The number of para-hydroxylation sites is 6. The van der Waals surface area contributed by atoms with Gasteiger partial charge in [0.15, 0.2) is 11.2 Å². The lowest BCUT2D eigenvalue weighted by atomic mass is 9.86. The van der Waals surface area contributed by atoms with Crippen molar-refractivity contribution in [3.8, 4) is 0 Å². The number of fused-ring (bicyclic) bond motifs is 15. The van der Waals surface area contributed by atoms with Crippen molar-refractivity contribution in [2.24, 2.45) is 0 Å². The van der Waals surface area contributed by atoms with Gasteiger partial charge in [0.1, 0.15) is 22.3 Å². The van der Waals surface area contributed by atoms with Gasteiger partial charge in [-0.1, -0.05) is 151 Å². The van der Waals surface area contributed by atoms with E-state index in [4.69, 9.17) is 13.3 Å². The van der Waals surface area contributed by atoms with Crippen molar-refractivity contribution < 1.29 is 13.3 Å². The normalized spacial score (nSPS) is 12.6. The molecule has 0 N–H and O–H groups in total. The number of thiophene rings is 1. The molecular formula is C70H52N2O3S. The zero-order valence-corrected chi connectivity index (χ0v) is 44.0. The summed E-state index contributed by atoms with van der Waals surface area (Å²) in [6, 6.07) is 74.6. The molecule has 15 aromatic rings. The van der Waals surface area contributed by atoms with Gasteiger partial charge in [-0.05, 0) is 129 Å². The molecule has 11 aromatic carbocycles. The molecule has 0 saturated carbocycles. The molecule has 0 saturated heterocycles. The van der Waals surface area contributed by atoms with Crippen LogP contribution in [-0.4, -0.2) is 0 Å². The fourth-order valence-electron chi connectivity index (χ4n) is 12.0. The van der Waals surface area contributed by atoms with Crippen molar-refractivity contribution in [2.45, 2.75) is 52.4 Å². The first-order chi connectivity index (χ1) is 36.9. The third-order valence-electron chi connectivity index (χ3n) is 15.6. The van der Waals surface area contributed by atoms with Crippen LogP contribution in [-0.2, 0) is 10.8 Å². The number of furan rings is 3. The van der Waals surface area contributed by atoms with Crippen LogP contribution in [0.1, 0.15) is 52.7 Å². The topological polar surface area (TPSA) is 45.9 Å². The molecule has 0 spiro atoms. The van der Waals surface area contributed by atoms with Crippen molar-refractivity contribution in [3.63, 3.8) is 0 Å². The monoisotopic (exact) mass is 1000 g/mol. The van der Waals surface area contributed by atoms with Crippen LogP contribution >= 0.6 is 11.3 Å². The van der Waals surface area contributed by atoms with Crippen LogP contribution in [0.15, 0.2) is 220 Å². The fraction of sp³-hybridized carbons (Fsp3) is 0.114. The summed E-state index contributed by atoms with van der Waals surface area (Å²) in [7, 11) is 0. The fourth-order valence-corrected chi connectivity index (χ4v) is 13.1. The van der Waals surface area contributed by atoms with E-state index in [1.54, 1.807) is 0 Å². The molecule has 0 aliphatic rings. The van der Waals surface area contributed by atoms with E-state index in [2.05, 4.69) is 258 Å². The van der Waals surface area contributed by atoms with E-state index >= 15 is 0 Å². The Balaban J connectivity index is 0.850. The molecule has 0 bridgehead atoms. The second-order valence-electron chi connectivity index (χ2n) is 22.5. The van der Waals surface area contributed by atoms with Crippen molar-refractivity contribution >= 4 is 153 Å². The molecule has 0 aliphatic carbocycles. The van der Waals surface area contributed by atoms with Gasteiger partial charge in [0.2, 0.25) is 0 Å². The second-order valence-corrected chi connectivity index (χ2v) is 23.6. The Hall–Kier alpha value is -8.84. The van der Waals surface area contributed by atoms with Gasteiger partial charge >= 0.3 is 0 Å². The third-order valence-corrected chi connectivity index (χ3v) is 16.7. The summed E-state index contributed by atoms with van der Waals surface area (Å²) in [5.41, 5.74) is 13.9. The zero-order valence-electron chi connectivity index (χ0n) is 43.2. The Bertz CT molecular complexity index is 4850. The van der Waals surface area contributed by atoms with Gasteiger partial charge in [0.25, 0.3) is 0 Å². The molecule has 0 fully saturated rings. The zero-order chi connectivity index (χ0) is 51.2. The van der Waals surface area contributed by atoms with E-state index in [-0.39, 0.29) is 10.8 Å². The standard InChI is InChI=1S/C70H52N2O3S/c1-69(2,3)56-25-13-21-49-51-23-15-27-58(66(51)74-64(49)56)71(45-17-9-7-10-18-45)47-31-29-41-37-54-53-33-34-61-63(68(53)73-60(54)39-43(41)35-47)55-38-42-30-32-48(36-44(42)40-62(55)76-61)72(46-19-11-8-12-20-46)59-28-16-24-52-50-22-14-26-57(70(4,5)6)65(50)75-67(52)59/h7-40H,1-6H3. The van der Waals surface area contributed by atoms with E-state index in [1.165, 1.54) is 36.7 Å². The Labute approximate surface area is 443 Å².